The van der Waals surface area contributed by atoms with Crippen LogP contribution in [0.1, 0.15) is 26.2 Å². The third-order valence-electron chi connectivity index (χ3n) is 1.35. The van der Waals surface area contributed by atoms with E-state index in [-0.39, 0.29) is 5.91 Å². The Morgan fingerprint density at radius 3 is 2.70 bits per heavy atom. The van der Waals surface area contributed by atoms with E-state index in [0.717, 1.165) is 12.8 Å². The first-order valence-electron chi connectivity index (χ1n) is 3.48. The van der Waals surface area contributed by atoms with Crippen LogP contribution in [0.3, 0.4) is 0 Å². The van der Waals surface area contributed by atoms with Gasteiger partial charge in [-0.1, -0.05) is 19.8 Å². The molecular weight excluding hydrogens is 130 g/mol. The first-order valence-corrected chi connectivity index (χ1v) is 3.48. The summed E-state index contributed by atoms with van der Waals surface area (Å²) in [6.07, 6.45) is 2.72. The zero-order valence-electron chi connectivity index (χ0n) is 6.26. The van der Waals surface area contributed by atoms with Gasteiger partial charge in [0, 0.05) is 0 Å². The van der Waals surface area contributed by atoms with E-state index in [9.17, 15) is 4.79 Å². The number of hydrogen-bond acceptors (Lipinski definition) is 3. The molecule has 0 spiro atoms. The molecular formula is C6H15N3O. The van der Waals surface area contributed by atoms with Crippen LogP contribution in [-0.4, -0.2) is 11.9 Å². The maximum atomic E-state index is 10.7. The fourth-order valence-corrected chi connectivity index (χ4v) is 0.662. The Bertz CT molecular complexity index is 105. The maximum Gasteiger partial charge on any atom is 0.250 e. The van der Waals surface area contributed by atoms with Gasteiger partial charge in [0.25, 0.3) is 5.91 Å². The summed E-state index contributed by atoms with van der Waals surface area (Å²) in [6.45, 7) is 2.05. The summed E-state index contributed by atoms with van der Waals surface area (Å²) in [6, 6.07) is -0.440. The second kappa shape index (κ2) is 5.20. The van der Waals surface area contributed by atoms with Crippen LogP contribution in [0.5, 0.6) is 0 Å². The molecule has 0 bridgehead atoms. The van der Waals surface area contributed by atoms with E-state index >= 15 is 0 Å². The topological polar surface area (TPSA) is 81.1 Å². The molecule has 0 heterocycles. The number of nitrogens with one attached hydrogen (secondary N) is 1. The number of nitrogens with two attached hydrogens (primary N) is 2. The number of rotatable bonds is 4. The van der Waals surface area contributed by atoms with E-state index in [2.05, 4.69) is 0 Å². The van der Waals surface area contributed by atoms with Crippen LogP contribution in [0, 0.1) is 0 Å². The molecule has 0 rings (SSSR count). The van der Waals surface area contributed by atoms with Crippen LogP contribution in [-0.2, 0) is 4.79 Å². The van der Waals surface area contributed by atoms with Crippen LogP contribution in [0.15, 0.2) is 0 Å². The first-order chi connectivity index (χ1) is 4.72. The van der Waals surface area contributed by atoms with Gasteiger partial charge in [0.15, 0.2) is 0 Å². The summed E-state index contributed by atoms with van der Waals surface area (Å²) >= 11 is 0. The van der Waals surface area contributed by atoms with E-state index in [1.54, 1.807) is 0 Å². The largest absolute Gasteiger partial charge is 0.320 e. The van der Waals surface area contributed by atoms with Crippen molar-refractivity contribution < 1.29 is 4.79 Å². The molecule has 5 N–H and O–H groups in total. The highest BCUT2D eigenvalue weighted by Gasteiger charge is 2.09. The molecule has 4 nitrogen and oxygen atoms in total. The minimum absolute atomic E-state index is 0.284. The van der Waals surface area contributed by atoms with Gasteiger partial charge in [-0.3, -0.25) is 10.2 Å². The number of carbonyl (C=O) groups excluding carboxylic acids is 1. The minimum Gasteiger partial charge on any atom is -0.320 e. The number of amides is 1. The summed E-state index contributed by atoms with van der Waals surface area (Å²) < 4.78 is 0. The predicted molar refractivity (Wildman–Crippen MR) is 39.8 cm³/mol. The van der Waals surface area contributed by atoms with E-state index in [4.69, 9.17) is 11.6 Å². The molecule has 0 aliphatic rings. The monoisotopic (exact) mass is 145 g/mol. The third kappa shape index (κ3) is 3.42. The average Bonchev–Trinajstić information content (AvgIpc) is 1.98. The molecule has 0 aliphatic carbocycles. The van der Waals surface area contributed by atoms with Crippen LogP contribution in [0.25, 0.3) is 0 Å². The van der Waals surface area contributed by atoms with Crippen molar-refractivity contribution in [2.45, 2.75) is 32.2 Å². The van der Waals surface area contributed by atoms with Gasteiger partial charge in [-0.25, -0.2) is 5.84 Å². The molecule has 0 radical (unpaired) electrons. The smallest absolute Gasteiger partial charge is 0.250 e. The predicted octanol–water partition coefficient (Wildman–Crippen LogP) is -0.506. The van der Waals surface area contributed by atoms with Gasteiger partial charge in [-0.05, 0) is 6.42 Å². The van der Waals surface area contributed by atoms with Crippen molar-refractivity contribution >= 4 is 5.91 Å². The first kappa shape index (κ1) is 9.39. The van der Waals surface area contributed by atoms with Gasteiger partial charge in [0.05, 0.1) is 6.04 Å². The lowest BCUT2D eigenvalue weighted by molar-refractivity contribution is -0.122. The van der Waals surface area contributed by atoms with E-state index < -0.39 is 6.04 Å². The van der Waals surface area contributed by atoms with Gasteiger partial charge >= 0.3 is 0 Å². The van der Waals surface area contributed by atoms with Crippen molar-refractivity contribution in [1.29, 1.82) is 0 Å². The number of unbranched alkanes of at least 4 members (excludes halogenated alkanes) is 1. The standard InChI is InChI=1S/C6H15N3O/c1-2-3-4-5(7)6(10)9-8/h5H,2-4,7-8H2,1H3,(H,9,10)/t5-/m0/s1. The second-order valence-electron chi connectivity index (χ2n) is 2.26. The fraction of sp³-hybridized carbons (Fsp3) is 0.833. The zero-order valence-corrected chi connectivity index (χ0v) is 6.26. The van der Waals surface area contributed by atoms with Gasteiger partial charge in [0.2, 0.25) is 0 Å². The molecule has 0 saturated carbocycles. The molecule has 0 aromatic rings. The Kier molecular flexibility index (Phi) is 4.88. The second-order valence-corrected chi connectivity index (χ2v) is 2.26. The molecule has 10 heavy (non-hydrogen) atoms. The van der Waals surface area contributed by atoms with Crippen molar-refractivity contribution in [3.05, 3.63) is 0 Å². The molecule has 0 aromatic carbocycles. The van der Waals surface area contributed by atoms with Gasteiger partial charge < -0.3 is 5.73 Å². The Balaban J connectivity index is 3.41. The van der Waals surface area contributed by atoms with Crippen LogP contribution >= 0.6 is 0 Å². The molecule has 0 unspecified atom stereocenters. The van der Waals surface area contributed by atoms with Crippen LogP contribution in [0.4, 0.5) is 0 Å². The van der Waals surface area contributed by atoms with E-state index in [1.807, 2.05) is 12.3 Å². The highest BCUT2D eigenvalue weighted by molar-refractivity contribution is 5.80. The van der Waals surface area contributed by atoms with Crippen LogP contribution < -0.4 is 17.0 Å². The highest BCUT2D eigenvalue weighted by Crippen LogP contribution is 1.96. The van der Waals surface area contributed by atoms with Gasteiger partial charge in [-0.15, -0.1) is 0 Å². The Morgan fingerprint density at radius 1 is 1.70 bits per heavy atom. The van der Waals surface area contributed by atoms with Crippen molar-refractivity contribution in [3.8, 4) is 0 Å². The Morgan fingerprint density at radius 2 is 2.30 bits per heavy atom. The lowest BCUT2D eigenvalue weighted by Crippen LogP contribution is -2.43. The molecule has 0 fully saturated rings. The third-order valence-corrected chi connectivity index (χ3v) is 1.35. The summed E-state index contributed by atoms with van der Waals surface area (Å²) in [5.41, 5.74) is 7.43. The fourth-order valence-electron chi connectivity index (χ4n) is 0.662. The van der Waals surface area contributed by atoms with Crippen molar-refractivity contribution in [3.63, 3.8) is 0 Å². The van der Waals surface area contributed by atoms with Crippen molar-refractivity contribution in [2.24, 2.45) is 11.6 Å². The highest BCUT2D eigenvalue weighted by atomic mass is 16.2. The summed E-state index contributed by atoms with van der Waals surface area (Å²) in [5, 5.41) is 0. The molecule has 0 aliphatic heterocycles. The molecule has 0 saturated heterocycles. The Labute approximate surface area is 60.9 Å². The number of carbonyl (C=O) groups is 1. The molecule has 1 amide bonds. The lowest BCUT2D eigenvalue weighted by atomic mass is 10.1. The van der Waals surface area contributed by atoms with E-state index in [1.165, 1.54) is 0 Å². The molecule has 4 heteroatoms. The van der Waals surface area contributed by atoms with Gasteiger partial charge in [-0.2, -0.15) is 0 Å². The average molecular weight is 145 g/mol. The van der Waals surface area contributed by atoms with E-state index in [0.29, 0.717) is 6.42 Å². The molecule has 60 valence electrons. The van der Waals surface area contributed by atoms with Crippen LogP contribution in [0.2, 0.25) is 0 Å². The summed E-state index contributed by atoms with van der Waals surface area (Å²) in [4.78, 5) is 10.7. The Hall–Kier alpha value is -0.610. The zero-order chi connectivity index (χ0) is 7.98. The number of hydrogen-bond donors (Lipinski definition) is 3. The minimum atomic E-state index is -0.440. The van der Waals surface area contributed by atoms with Crippen molar-refractivity contribution in [2.75, 3.05) is 0 Å². The van der Waals surface area contributed by atoms with Crippen molar-refractivity contribution in [1.82, 2.24) is 5.43 Å². The lowest BCUT2D eigenvalue weighted by Gasteiger charge is -2.07. The number of hydrazine groups is 1. The SMILES string of the molecule is CCCC[C@H](N)C(=O)NN. The summed E-state index contributed by atoms with van der Waals surface area (Å²) in [7, 11) is 0. The quantitative estimate of drug-likeness (QED) is 0.283. The summed E-state index contributed by atoms with van der Waals surface area (Å²) in [5.74, 6) is 4.58. The molecule has 0 aromatic heterocycles. The van der Waals surface area contributed by atoms with Gasteiger partial charge in [0.1, 0.15) is 0 Å². The normalized spacial score (nSPS) is 12.7. The molecule has 1 atom stereocenters. The maximum absolute atomic E-state index is 10.7.